The summed E-state index contributed by atoms with van der Waals surface area (Å²) in [6.07, 6.45) is 0.170. The average molecular weight is 337 g/mol. The first-order chi connectivity index (χ1) is 11.9. The van der Waals surface area contributed by atoms with Crippen LogP contribution < -0.4 is 4.90 Å². The van der Waals surface area contributed by atoms with Gasteiger partial charge in [0.1, 0.15) is 5.75 Å². The van der Waals surface area contributed by atoms with Crippen molar-refractivity contribution in [3.63, 3.8) is 0 Å². The number of phenols is 1. The SMILES string of the molecule is CCC(=O)C1=C(O)C(=O)N(c2ccc(C)cc2)C1c1cccc(O)c1. The highest BCUT2D eigenvalue weighted by Gasteiger charge is 2.43. The predicted molar refractivity (Wildman–Crippen MR) is 94.5 cm³/mol. The lowest BCUT2D eigenvalue weighted by Crippen LogP contribution is -2.30. The van der Waals surface area contributed by atoms with Crippen molar-refractivity contribution >= 4 is 17.4 Å². The van der Waals surface area contributed by atoms with Crippen LogP contribution in [-0.2, 0) is 9.59 Å². The second kappa shape index (κ2) is 6.43. The Bertz CT molecular complexity index is 868. The number of carbonyl (C=O) groups is 2. The summed E-state index contributed by atoms with van der Waals surface area (Å²) in [5, 5.41) is 20.2. The molecule has 1 atom stereocenters. The highest BCUT2D eigenvalue weighted by Crippen LogP contribution is 2.41. The Kier molecular flexibility index (Phi) is 4.31. The molecule has 0 spiro atoms. The van der Waals surface area contributed by atoms with Gasteiger partial charge in [-0.2, -0.15) is 0 Å². The van der Waals surface area contributed by atoms with Gasteiger partial charge < -0.3 is 10.2 Å². The van der Waals surface area contributed by atoms with Crippen molar-refractivity contribution in [1.29, 1.82) is 0 Å². The largest absolute Gasteiger partial charge is 0.508 e. The molecule has 1 aliphatic heterocycles. The number of nitrogens with zero attached hydrogens (tertiary/aromatic N) is 1. The van der Waals surface area contributed by atoms with Crippen LogP contribution in [-0.4, -0.2) is 21.9 Å². The molecule has 0 aromatic heterocycles. The summed E-state index contributed by atoms with van der Waals surface area (Å²) in [5.74, 6) is -1.41. The molecule has 0 aliphatic carbocycles. The fourth-order valence-corrected chi connectivity index (χ4v) is 3.06. The minimum absolute atomic E-state index is 0.0310. The molecule has 2 aromatic rings. The molecule has 25 heavy (non-hydrogen) atoms. The van der Waals surface area contributed by atoms with E-state index in [9.17, 15) is 19.8 Å². The summed E-state index contributed by atoms with van der Waals surface area (Å²) in [7, 11) is 0. The Labute approximate surface area is 145 Å². The molecular formula is C20H19NO4. The topological polar surface area (TPSA) is 77.8 Å². The summed E-state index contributed by atoms with van der Waals surface area (Å²) >= 11 is 0. The first kappa shape index (κ1) is 16.8. The van der Waals surface area contributed by atoms with E-state index in [1.54, 1.807) is 31.2 Å². The maximum Gasteiger partial charge on any atom is 0.294 e. The van der Waals surface area contributed by atoms with Gasteiger partial charge in [0.25, 0.3) is 5.91 Å². The number of aliphatic hydroxyl groups excluding tert-OH is 1. The monoisotopic (exact) mass is 337 g/mol. The zero-order valence-corrected chi connectivity index (χ0v) is 14.1. The van der Waals surface area contributed by atoms with Gasteiger partial charge in [0, 0.05) is 12.1 Å². The van der Waals surface area contributed by atoms with Crippen LogP contribution in [0.25, 0.3) is 0 Å². The third-order valence-electron chi connectivity index (χ3n) is 4.33. The van der Waals surface area contributed by atoms with E-state index in [-0.39, 0.29) is 23.5 Å². The molecule has 5 heteroatoms. The molecule has 0 saturated heterocycles. The minimum Gasteiger partial charge on any atom is -0.508 e. The van der Waals surface area contributed by atoms with Crippen LogP contribution in [0.2, 0.25) is 0 Å². The molecule has 3 rings (SSSR count). The van der Waals surface area contributed by atoms with E-state index in [1.165, 1.54) is 17.0 Å². The number of aliphatic hydroxyl groups is 1. The number of carbonyl (C=O) groups excluding carboxylic acids is 2. The number of amides is 1. The molecule has 1 amide bonds. The number of hydrogen-bond acceptors (Lipinski definition) is 4. The van der Waals surface area contributed by atoms with E-state index >= 15 is 0 Å². The van der Waals surface area contributed by atoms with Gasteiger partial charge in [0.05, 0.1) is 11.6 Å². The quantitative estimate of drug-likeness (QED) is 0.894. The Morgan fingerprint density at radius 3 is 2.40 bits per heavy atom. The number of aryl methyl sites for hydroxylation is 1. The minimum atomic E-state index is -0.769. The Balaban J connectivity index is 2.18. The molecule has 1 aliphatic rings. The van der Waals surface area contributed by atoms with E-state index in [1.807, 2.05) is 19.1 Å². The highest BCUT2D eigenvalue weighted by molar-refractivity contribution is 6.16. The number of rotatable bonds is 4. The fraction of sp³-hybridized carbons (Fsp3) is 0.200. The van der Waals surface area contributed by atoms with Crippen LogP contribution in [0.15, 0.2) is 59.9 Å². The number of ketones is 1. The second-order valence-electron chi connectivity index (χ2n) is 6.05. The lowest BCUT2D eigenvalue weighted by atomic mass is 9.94. The smallest absolute Gasteiger partial charge is 0.294 e. The van der Waals surface area contributed by atoms with Gasteiger partial charge in [0.2, 0.25) is 0 Å². The molecule has 0 bridgehead atoms. The second-order valence-corrected chi connectivity index (χ2v) is 6.05. The number of anilines is 1. The molecule has 5 nitrogen and oxygen atoms in total. The number of hydrogen-bond donors (Lipinski definition) is 2. The summed E-state index contributed by atoms with van der Waals surface area (Å²) < 4.78 is 0. The van der Waals surface area contributed by atoms with E-state index in [4.69, 9.17) is 0 Å². The molecular weight excluding hydrogens is 318 g/mol. The Morgan fingerprint density at radius 1 is 1.12 bits per heavy atom. The molecule has 0 saturated carbocycles. The van der Waals surface area contributed by atoms with Gasteiger partial charge in [-0.15, -0.1) is 0 Å². The van der Waals surface area contributed by atoms with Gasteiger partial charge in [-0.05, 0) is 36.8 Å². The van der Waals surface area contributed by atoms with Crippen molar-refractivity contribution in [2.24, 2.45) is 0 Å². The van der Waals surface area contributed by atoms with Crippen LogP contribution in [0.1, 0.15) is 30.5 Å². The van der Waals surface area contributed by atoms with Crippen molar-refractivity contribution < 1.29 is 19.8 Å². The van der Waals surface area contributed by atoms with Crippen LogP contribution >= 0.6 is 0 Å². The van der Waals surface area contributed by atoms with E-state index in [0.717, 1.165) is 5.56 Å². The normalized spacial score (nSPS) is 17.3. The average Bonchev–Trinajstić information content (AvgIpc) is 2.87. The molecule has 1 unspecified atom stereocenters. The standard InChI is InChI=1S/C20H19NO4/c1-3-16(23)17-18(13-5-4-6-15(22)11-13)21(20(25)19(17)24)14-9-7-12(2)8-10-14/h4-11,18,22,24H,3H2,1-2H3. The predicted octanol–water partition coefficient (Wildman–Crippen LogP) is 3.58. The summed E-state index contributed by atoms with van der Waals surface area (Å²) in [6, 6.07) is 12.9. The maximum absolute atomic E-state index is 12.7. The number of aromatic hydroxyl groups is 1. The number of Topliss-reactive ketones (excluding diaryl/α,β-unsaturated/α-hetero) is 1. The van der Waals surface area contributed by atoms with Crippen molar-refractivity contribution in [2.45, 2.75) is 26.3 Å². The lowest BCUT2D eigenvalue weighted by Gasteiger charge is -2.27. The molecule has 0 fully saturated rings. The van der Waals surface area contributed by atoms with E-state index < -0.39 is 17.7 Å². The van der Waals surface area contributed by atoms with Gasteiger partial charge in [-0.25, -0.2) is 0 Å². The first-order valence-electron chi connectivity index (χ1n) is 8.09. The zero-order valence-electron chi connectivity index (χ0n) is 14.1. The molecule has 2 aromatic carbocycles. The van der Waals surface area contributed by atoms with Crippen molar-refractivity contribution in [1.82, 2.24) is 0 Å². The highest BCUT2D eigenvalue weighted by atomic mass is 16.3. The van der Waals surface area contributed by atoms with Crippen LogP contribution in [0.3, 0.4) is 0 Å². The Morgan fingerprint density at radius 2 is 1.80 bits per heavy atom. The molecule has 0 radical (unpaired) electrons. The number of phenolic OH excluding ortho intramolecular Hbond substituents is 1. The fourth-order valence-electron chi connectivity index (χ4n) is 3.06. The van der Waals surface area contributed by atoms with Crippen LogP contribution in [0.4, 0.5) is 5.69 Å². The third kappa shape index (κ3) is 2.89. The number of benzene rings is 2. The summed E-state index contributed by atoms with van der Waals surface area (Å²) in [6.45, 7) is 3.62. The van der Waals surface area contributed by atoms with E-state index in [2.05, 4.69) is 0 Å². The molecule has 2 N–H and O–H groups in total. The maximum atomic E-state index is 12.7. The first-order valence-corrected chi connectivity index (χ1v) is 8.09. The van der Waals surface area contributed by atoms with Gasteiger partial charge in [-0.1, -0.05) is 36.8 Å². The third-order valence-corrected chi connectivity index (χ3v) is 4.33. The van der Waals surface area contributed by atoms with Crippen LogP contribution in [0.5, 0.6) is 5.75 Å². The lowest BCUT2D eigenvalue weighted by molar-refractivity contribution is -0.118. The summed E-state index contributed by atoms with van der Waals surface area (Å²) in [5.41, 5.74) is 2.24. The Hall–Kier alpha value is -3.08. The van der Waals surface area contributed by atoms with Crippen molar-refractivity contribution in [3.8, 4) is 5.75 Å². The van der Waals surface area contributed by atoms with Gasteiger partial charge >= 0.3 is 0 Å². The van der Waals surface area contributed by atoms with Gasteiger partial charge in [-0.3, -0.25) is 14.5 Å². The zero-order chi connectivity index (χ0) is 18.1. The van der Waals surface area contributed by atoms with E-state index in [0.29, 0.717) is 11.3 Å². The molecule has 128 valence electrons. The van der Waals surface area contributed by atoms with Crippen molar-refractivity contribution in [2.75, 3.05) is 4.90 Å². The molecule has 1 heterocycles. The van der Waals surface area contributed by atoms with Crippen molar-refractivity contribution in [3.05, 3.63) is 71.0 Å². The van der Waals surface area contributed by atoms with Crippen LogP contribution in [0, 0.1) is 6.92 Å². The van der Waals surface area contributed by atoms with Gasteiger partial charge in [0.15, 0.2) is 11.5 Å². The summed E-state index contributed by atoms with van der Waals surface area (Å²) in [4.78, 5) is 26.5.